The van der Waals surface area contributed by atoms with Gasteiger partial charge in [-0.3, -0.25) is 68.3 Å². The molecular formula is C96H175N20O10S2Y-. The number of benzene rings is 2. The molecule has 0 atom stereocenters. The van der Waals surface area contributed by atoms with Gasteiger partial charge in [0.15, 0.2) is 9.84 Å². The van der Waals surface area contributed by atoms with Crippen LogP contribution >= 0.6 is 0 Å². The SMILES string of the molecule is CC(C)N1CCC1.CC(C)N1CCCC1.CC(C)N1CCCCC1.CC(C)N1CCN(C)CC1.CC(C)N1CCN(C2CC2)CC1.CC(C)N1CCNCC1.CC(C)N1CCOCC1.CC(C)N1CCS(=O)(=O)CC1.CC(C)N1CCS(=O)CC1.Cc1ccc(C(=O)Nc2nnc(C(=O)N3CCCCC3)o2)cc1.[CH2-]CNC(=O)c1nnc(NC(=O)c2ccc(C)cc2)o1.[Y]. The first-order valence-corrected chi connectivity index (χ1v) is 52.0. The van der Waals surface area contributed by atoms with Gasteiger partial charge in [-0.1, -0.05) is 52.0 Å². The number of aromatic nitrogens is 4. The number of piperazine rings is 3. The maximum atomic E-state index is 12.2. The maximum absolute atomic E-state index is 12.2. The van der Waals surface area contributed by atoms with Crippen molar-refractivity contribution in [2.24, 2.45) is 0 Å². The summed E-state index contributed by atoms with van der Waals surface area (Å²) >= 11 is 0. The number of nitrogens with zero attached hydrogens (tertiary/aromatic N) is 16. The van der Waals surface area contributed by atoms with Crippen molar-refractivity contribution < 1.29 is 78.1 Å². The third kappa shape index (κ3) is 48.0. The average molecular weight is 1920 g/mol. The van der Waals surface area contributed by atoms with Gasteiger partial charge in [-0.05, 0) is 273 Å². The van der Waals surface area contributed by atoms with Gasteiger partial charge < -0.3 is 55.6 Å². The van der Waals surface area contributed by atoms with Crippen LogP contribution in [-0.2, 0) is 58.1 Å². The van der Waals surface area contributed by atoms with Crippen molar-refractivity contribution in [3.05, 3.63) is 89.5 Å². The molecule has 2 aromatic heterocycles. The van der Waals surface area contributed by atoms with E-state index in [4.69, 9.17) is 13.6 Å². The molecule has 33 heteroatoms. The zero-order valence-electron chi connectivity index (χ0n) is 83.8. The van der Waals surface area contributed by atoms with Crippen molar-refractivity contribution in [1.29, 1.82) is 0 Å². The van der Waals surface area contributed by atoms with Gasteiger partial charge in [0.05, 0.1) is 24.7 Å². The number of carbonyl (C=O) groups excluding carboxylic acids is 4. The van der Waals surface area contributed by atoms with Gasteiger partial charge in [-0.2, -0.15) is 0 Å². The molecule has 4 aromatic rings. The largest absolute Gasteiger partial charge is 0.399 e. The molecule has 1 radical (unpaired) electrons. The summed E-state index contributed by atoms with van der Waals surface area (Å²) in [6, 6.07) is 21.2. The van der Waals surface area contributed by atoms with Crippen molar-refractivity contribution in [3.8, 4) is 0 Å². The summed E-state index contributed by atoms with van der Waals surface area (Å²) in [6.45, 7) is 79.6. The van der Waals surface area contributed by atoms with E-state index >= 15 is 0 Å². The Morgan fingerprint density at radius 1 is 0.419 bits per heavy atom. The van der Waals surface area contributed by atoms with Gasteiger partial charge in [0.2, 0.25) is 0 Å². The van der Waals surface area contributed by atoms with E-state index in [-0.39, 0.29) is 74.9 Å². The van der Waals surface area contributed by atoms with E-state index in [9.17, 15) is 31.8 Å². The number of amides is 4. The van der Waals surface area contributed by atoms with Gasteiger partial charge in [-0.15, -0.1) is 16.7 Å². The number of anilines is 2. The van der Waals surface area contributed by atoms with Crippen molar-refractivity contribution in [2.45, 2.75) is 270 Å². The van der Waals surface area contributed by atoms with Crippen LogP contribution in [0.5, 0.6) is 0 Å². The van der Waals surface area contributed by atoms with Crippen LogP contribution < -0.4 is 21.3 Å². The molecule has 4 N–H and O–H groups in total. The molecule has 10 aliphatic heterocycles. The fourth-order valence-electron chi connectivity index (χ4n) is 15.5. The van der Waals surface area contributed by atoms with E-state index in [0.29, 0.717) is 66.9 Å². The predicted octanol–water partition coefficient (Wildman–Crippen LogP) is 11.3. The zero-order valence-corrected chi connectivity index (χ0v) is 88.3. The molecule has 0 spiro atoms. The molecule has 15 rings (SSSR count). The summed E-state index contributed by atoms with van der Waals surface area (Å²) in [4.78, 5) is 76.5. The van der Waals surface area contributed by atoms with Crippen LogP contribution in [0.1, 0.15) is 248 Å². The molecule has 0 unspecified atom stereocenters. The van der Waals surface area contributed by atoms with Crippen LogP contribution in [0.25, 0.3) is 0 Å². The molecule has 4 amide bonds. The van der Waals surface area contributed by atoms with Gasteiger partial charge >= 0.3 is 35.6 Å². The average Bonchev–Trinajstić information content (AvgIpc) is 1.68. The summed E-state index contributed by atoms with van der Waals surface area (Å²) < 4.78 is 48.4. The number of hydrogen-bond acceptors (Lipinski definition) is 26. The Morgan fingerprint density at radius 2 is 0.752 bits per heavy atom. The summed E-state index contributed by atoms with van der Waals surface area (Å²) in [7, 11) is -1.02. The quantitative estimate of drug-likeness (QED) is 0.0714. The number of sulfone groups is 1. The van der Waals surface area contributed by atoms with Crippen LogP contribution in [0.2, 0.25) is 0 Å². The van der Waals surface area contributed by atoms with Crippen molar-refractivity contribution in [1.82, 2.24) is 89.8 Å². The number of carbonyl (C=O) groups is 4. The number of morpholine rings is 1. The van der Waals surface area contributed by atoms with Crippen LogP contribution in [0.3, 0.4) is 0 Å². The maximum Gasteiger partial charge on any atom is 0.322 e. The molecule has 735 valence electrons. The van der Waals surface area contributed by atoms with E-state index in [1.807, 2.05) is 38.1 Å². The first kappa shape index (κ1) is 117. The molecule has 1 aliphatic carbocycles. The summed E-state index contributed by atoms with van der Waals surface area (Å²) in [6.07, 6.45) is 14.5. The molecule has 1 saturated carbocycles. The third-order valence-electron chi connectivity index (χ3n) is 25.0. The molecule has 2 aromatic carbocycles. The fourth-order valence-corrected chi connectivity index (χ4v) is 17.9. The van der Waals surface area contributed by atoms with Crippen molar-refractivity contribution >= 4 is 56.3 Å². The van der Waals surface area contributed by atoms with Crippen LogP contribution in [0.15, 0.2) is 57.4 Å². The first-order chi connectivity index (χ1) is 60.9. The molecule has 129 heavy (non-hydrogen) atoms. The Balaban J connectivity index is 0.000000303. The van der Waals surface area contributed by atoms with Gasteiger partial charge in [0.1, 0.15) is 0 Å². The van der Waals surface area contributed by atoms with E-state index in [1.165, 1.54) is 156 Å². The number of aryl methyl sites for hydroxylation is 2. The fraction of sp³-hybridized carbons (Fsp3) is 0.781. The summed E-state index contributed by atoms with van der Waals surface area (Å²) in [5.74, 6) is 0.533. The van der Waals surface area contributed by atoms with Crippen LogP contribution in [0.4, 0.5) is 12.0 Å². The second-order valence-electron chi connectivity index (χ2n) is 37.8. The minimum Gasteiger partial charge on any atom is -0.399 e. The number of nitrogens with one attached hydrogen (secondary N) is 4. The summed E-state index contributed by atoms with van der Waals surface area (Å²) in [5.41, 5.74) is 3.05. The second-order valence-corrected chi connectivity index (χ2v) is 41.8. The number of likely N-dealkylation sites (tertiary alicyclic amines) is 4. The normalized spacial score (nSPS) is 20.2. The van der Waals surface area contributed by atoms with E-state index < -0.39 is 32.5 Å². The molecular weight excluding hydrogens is 1750 g/mol. The Labute approximate surface area is 808 Å². The van der Waals surface area contributed by atoms with Gasteiger partial charge in [0.25, 0.3) is 11.8 Å². The van der Waals surface area contributed by atoms with Gasteiger partial charge in [0, 0.05) is 257 Å². The molecule has 0 bridgehead atoms. The first-order valence-electron chi connectivity index (χ1n) is 48.7. The van der Waals surface area contributed by atoms with Crippen molar-refractivity contribution in [3.63, 3.8) is 0 Å². The number of piperidine rings is 2. The van der Waals surface area contributed by atoms with E-state index in [1.54, 1.807) is 29.2 Å². The van der Waals surface area contributed by atoms with Crippen molar-refractivity contribution in [2.75, 3.05) is 231 Å². The standard InChI is InChI=1S/C16H18N4O3.C13H13N4O3.C10H20N2.C8H18N2.C8H17N.C7H16N2.C7H15NO2S.C7H15NOS.C7H15NO.C7H15N.C6H13N.Y/c1-11-5-7-12(8-6-11)13(21)17-16-19-18-14(23-16)15(22)20-9-3-2-4-10-20;1-3-14-11(19)12-16-17-13(20-12)15-10(18)9-6-4-8(2)5-7-9;1-9(2)11-5-7-12(8-6-11)10-3-4-10;1-8(2)10-6-4-9(3)5-7-10;1-8(2)9-6-4-3-5-7-9;1-7(2)9-5-3-8-4-6-9;1-7(2)8-3-5-11(9,10)6-4-8;1-7(2)8-3-5-10(9)6-4-8;1-7(2)8-3-5-9-6-4-8;1-7(2)8-5-3-4-6-8;1-6(2)7-4-3-5-7;/h5-8H,2-4,9-10H2,1H3,(H,17,19,21);4-7H,1,3H2,2H3,(H,14,19)(H,15,17,18);9-10H,3-8H2,1-2H3;8H,4-7H2,1-3H3;8H,3-7H2,1-2H3;7-8H,3-6H2,1-2H3;7H,3-6H2,1-2H3;7H,3-6H2,1-2H3;7H,3-6H2,1-2H3;7H,3-6H2,1-2H3;6H,3-5H2,1-2H3;/q;-1;;;;;;;;;;. The Morgan fingerprint density at radius 3 is 1.11 bits per heavy atom. The van der Waals surface area contributed by atoms with E-state index in [2.05, 4.69) is 234 Å². The molecule has 11 aliphatic rings. The number of rotatable bonds is 17. The Bertz CT molecular complexity index is 3680. The minimum atomic E-state index is -2.69. The Hall–Kier alpha value is -4.72. The third-order valence-corrected chi connectivity index (χ3v) is 27.8. The molecule has 10 saturated heterocycles. The second kappa shape index (κ2) is 64.3. The Kier molecular flexibility index (Phi) is 58.1. The minimum absolute atomic E-state index is 0. The smallest absolute Gasteiger partial charge is 0.322 e. The zero-order chi connectivity index (χ0) is 94.3. The number of hydrogen-bond donors (Lipinski definition) is 4. The number of ether oxygens (including phenoxy) is 1. The monoisotopic (exact) mass is 1920 g/mol. The van der Waals surface area contributed by atoms with Crippen LogP contribution in [0, 0.1) is 20.8 Å². The summed E-state index contributed by atoms with van der Waals surface area (Å²) in [5, 5.41) is 25.2. The molecule has 12 heterocycles. The van der Waals surface area contributed by atoms with E-state index in [0.717, 1.165) is 137 Å². The number of likely N-dealkylation sites (N-methyl/N-ethyl adjacent to an activating group) is 1. The van der Waals surface area contributed by atoms with Crippen LogP contribution in [-0.4, -0.2) is 396 Å². The molecule has 30 nitrogen and oxygen atoms in total. The molecule has 11 fully saturated rings. The predicted molar refractivity (Wildman–Crippen MR) is 525 cm³/mol. The topological polar surface area (TPSA) is 294 Å². The van der Waals surface area contributed by atoms with Gasteiger partial charge in [-0.25, -0.2) is 8.42 Å².